The molecule has 142 valence electrons. The summed E-state index contributed by atoms with van der Waals surface area (Å²) in [7, 11) is -3.51. The number of alkyl halides is 1. The van der Waals surface area contributed by atoms with Crippen LogP contribution in [0.15, 0.2) is 26.8 Å². The van der Waals surface area contributed by atoms with Gasteiger partial charge in [0.1, 0.15) is 0 Å². The minimum atomic E-state index is -3.51. The molecular formula is C16H20IN3O5S. The van der Waals surface area contributed by atoms with Gasteiger partial charge >= 0.3 is 160 Å². The van der Waals surface area contributed by atoms with E-state index in [1.54, 1.807) is 26.8 Å². The normalized spacial score (nSPS) is 16.1. The van der Waals surface area contributed by atoms with Gasteiger partial charge in [0.25, 0.3) is 0 Å². The average Bonchev–Trinajstić information content (AvgIpc) is 2.88. The van der Waals surface area contributed by atoms with Crippen molar-refractivity contribution in [3.05, 3.63) is 24.0 Å². The molecule has 0 aliphatic carbocycles. The Morgan fingerprint density at radius 2 is 1.77 bits per heavy atom. The second kappa shape index (κ2) is 7.51. The summed E-state index contributed by atoms with van der Waals surface area (Å²) in [5, 5.41) is -0.278. The molecule has 0 fully saturated rings. The third kappa shape index (κ3) is 5.40. The number of hydrogen-bond acceptors (Lipinski definition) is 8. The van der Waals surface area contributed by atoms with Gasteiger partial charge in [-0.25, -0.2) is 0 Å². The number of hydrogen-bond donors (Lipinski definition) is 0. The van der Waals surface area contributed by atoms with E-state index in [0.717, 1.165) is 9.84 Å². The van der Waals surface area contributed by atoms with Crippen molar-refractivity contribution in [2.75, 3.05) is 10.7 Å². The van der Waals surface area contributed by atoms with Crippen molar-refractivity contribution in [3.8, 4) is 0 Å². The van der Waals surface area contributed by atoms with Crippen LogP contribution < -0.4 is 0 Å². The number of rotatable bonds is 5. The van der Waals surface area contributed by atoms with Gasteiger partial charge in [-0.15, -0.1) is 0 Å². The van der Waals surface area contributed by atoms with E-state index in [9.17, 15) is 18.0 Å². The van der Waals surface area contributed by atoms with Crippen molar-refractivity contribution >= 4 is 51.0 Å². The minimum absolute atomic E-state index is 0.109. The van der Waals surface area contributed by atoms with E-state index in [2.05, 4.69) is 13.2 Å². The zero-order valence-corrected chi connectivity index (χ0v) is 18.1. The van der Waals surface area contributed by atoms with E-state index in [4.69, 9.17) is 4.74 Å². The molecule has 26 heavy (non-hydrogen) atoms. The van der Waals surface area contributed by atoms with Crippen molar-refractivity contribution in [2.24, 2.45) is 3.21 Å². The maximum absolute atomic E-state index is 12.2. The van der Waals surface area contributed by atoms with Crippen LogP contribution in [-0.2, 0) is 24.2 Å². The first kappa shape index (κ1) is 20.6. The maximum atomic E-state index is 12.2. The molecule has 0 saturated heterocycles. The van der Waals surface area contributed by atoms with Crippen molar-refractivity contribution < 1.29 is 22.7 Å². The number of carbonyl (C=O) groups is 2. The standard InChI is InChI=1S/C16H20IN3O5S/c1-10(21)13-6-12(11-8-18-15(19-9-11)26(5,23)24)17(20-13)7-14(22)25-16(2,3)4/h6,8-9H,7H2,1-5H3. The van der Waals surface area contributed by atoms with E-state index in [1.807, 2.05) is 0 Å². The fourth-order valence-corrected chi connectivity index (χ4v) is 6.77. The van der Waals surface area contributed by atoms with Crippen LogP contribution in [0.3, 0.4) is 0 Å². The van der Waals surface area contributed by atoms with Crippen LogP contribution in [0.5, 0.6) is 0 Å². The molecule has 1 aromatic rings. The van der Waals surface area contributed by atoms with Crippen LogP contribution in [-0.4, -0.2) is 52.1 Å². The van der Waals surface area contributed by atoms with Crippen molar-refractivity contribution in [2.45, 2.75) is 38.5 Å². The second-order valence-corrected chi connectivity index (χ2v) is 12.8. The fraction of sp³-hybridized carbons (Fsp3) is 0.438. The molecule has 10 heteroatoms. The number of carbonyl (C=O) groups excluding carboxylic acids is 2. The number of aromatic nitrogens is 2. The van der Waals surface area contributed by atoms with Gasteiger partial charge in [-0.05, 0) is 0 Å². The molecule has 8 nitrogen and oxygen atoms in total. The zero-order chi connectivity index (χ0) is 19.7. The molecule has 0 unspecified atom stereocenters. The summed E-state index contributed by atoms with van der Waals surface area (Å²) >= 11 is -2.42. The Bertz CT molecular complexity index is 899. The average molecular weight is 493 g/mol. The number of esters is 1. The first-order valence-electron chi connectivity index (χ1n) is 7.58. The van der Waals surface area contributed by atoms with Crippen LogP contribution in [0.2, 0.25) is 0 Å². The summed E-state index contributed by atoms with van der Waals surface area (Å²) in [6.45, 7) is 6.74. The Hall–Kier alpha value is -1.69. The Morgan fingerprint density at radius 3 is 2.23 bits per heavy atom. The molecular weight excluding hydrogens is 473 g/mol. The van der Waals surface area contributed by atoms with Gasteiger partial charge < -0.3 is 0 Å². The Balaban J connectivity index is 2.30. The Labute approximate surface area is 159 Å². The molecule has 1 aliphatic heterocycles. The molecule has 0 N–H and O–H groups in total. The van der Waals surface area contributed by atoms with E-state index in [1.165, 1.54) is 19.3 Å². The first-order chi connectivity index (χ1) is 11.9. The van der Waals surface area contributed by atoms with Crippen LogP contribution in [0, 0.1) is 0 Å². The number of Topliss-reactive ketones (excluding diaryl/α,β-unsaturated/α-hetero) is 1. The zero-order valence-electron chi connectivity index (χ0n) is 15.1. The third-order valence-electron chi connectivity index (χ3n) is 2.94. The van der Waals surface area contributed by atoms with Crippen LogP contribution >= 0.6 is 20.1 Å². The number of sulfone groups is 1. The van der Waals surface area contributed by atoms with Crippen molar-refractivity contribution in [1.29, 1.82) is 0 Å². The SMILES string of the molecule is CC(=O)C1=NI(CC(=O)OC(C)(C)C)C(c2cnc(S(C)(=O)=O)nc2)=C1. The Morgan fingerprint density at radius 1 is 1.19 bits per heavy atom. The number of halogens is 1. The van der Waals surface area contributed by atoms with E-state index in [-0.39, 0.29) is 21.3 Å². The van der Waals surface area contributed by atoms with E-state index in [0.29, 0.717) is 11.3 Å². The van der Waals surface area contributed by atoms with E-state index < -0.39 is 35.5 Å². The van der Waals surface area contributed by atoms with Gasteiger partial charge in [-0.1, -0.05) is 0 Å². The van der Waals surface area contributed by atoms with Crippen LogP contribution in [0.1, 0.15) is 33.3 Å². The molecule has 0 aromatic carbocycles. The molecule has 1 aromatic heterocycles. The molecule has 0 radical (unpaired) electrons. The second-order valence-electron chi connectivity index (χ2n) is 6.60. The van der Waals surface area contributed by atoms with Gasteiger partial charge in [-0.2, -0.15) is 0 Å². The van der Waals surface area contributed by atoms with Crippen LogP contribution in [0.4, 0.5) is 0 Å². The topological polar surface area (TPSA) is 116 Å². The molecule has 0 amide bonds. The predicted octanol–water partition coefficient (Wildman–Crippen LogP) is 2.03. The fourth-order valence-electron chi connectivity index (χ4n) is 1.94. The third-order valence-corrected chi connectivity index (χ3v) is 8.54. The molecule has 1 aliphatic rings. The van der Waals surface area contributed by atoms with Gasteiger partial charge in [0.15, 0.2) is 0 Å². The molecule has 0 atom stereocenters. The monoisotopic (exact) mass is 493 g/mol. The first-order valence-corrected chi connectivity index (χ1v) is 13.0. The van der Waals surface area contributed by atoms with Crippen molar-refractivity contribution in [1.82, 2.24) is 9.97 Å². The van der Waals surface area contributed by atoms with Gasteiger partial charge in [0.05, 0.1) is 0 Å². The molecule has 0 bridgehead atoms. The van der Waals surface area contributed by atoms with Gasteiger partial charge in [-0.3, -0.25) is 0 Å². The van der Waals surface area contributed by atoms with Crippen LogP contribution in [0.25, 0.3) is 3.58 Å². The van der Waals surface area contributed by atoms with Gasteiger partial charge in [0, 0.05) is 0 Å². The summed E-state index contributed by atoms with van der Waals surface area (Å²) in [5.41, 5.74) is 0.261. The number of ether oxygens (including phenoxy) is 1. The van der Waals surface area contributed by atoms with E-state index >= 15 is 0 Å². The summed E-state index contributed by atoms with van der Waals surface area (Å²) in [6.07, 6.45) is 5.42. The number of allylic oxidation sites excluding steroid dienone is 1. The molecule has 0 saturated carbocycles. The quantitative estimate of drug-likeness (QED) is 0.267. The summed E-state index contributed by atoms with van der Waals surface area (Å²) in [6, 6.07) is 0. The summed E-state index contributed by atoms with van der Waals surface area (Å²) in [5.74, 6) is -0.573. The number of nitrogens with zero attached hydrogens (tertiary/aromatic N) is 3. The predicted molar refractivity (Wildman–Crippen MR) is 106 cm³/mol. The van der Waals surface area contributed by atoms with Gasteiger partial charge in [0.2, 0.25) is 0 Å². The summed E-state index contributed by atoms with van der Waals surface area (Å²) in [4.78, 5) is 31.6. The molecule has 0 spiro atoms. The Kier molecular flexibility index (Phi) is 5.95. The summed E-state index contributed by atoms with van der Waals surface area (Å²) < 4.78 is 33.6. The molecule has 2 rings (SSSR count). The molecule has 2 heterocycles. The number of ketones is 1. The van der Waals surface area contributed by atoms with Crippen molar-refractivity contribution in [3.63, 3.8) is 0 Å².